The highest BCUT2D eigenvalue weighted by molar-refractivity contribution is 5.83. The van der Waals surface area contributed by atoms with Gasteiger partial charge >= 0.3 is 0 Å². The van der Waals surface area contributed by atoms with Crippen LogP contribution in [0.25, 0.3) is 10.9 Å². The number of aryl methyl sites for hydroxylation is 2. The van der Waals surface area contributed by atoms with Gasteiger partial charge < -0.3 is 0 Å². The summed E-state index contributed by atoms with van der Waals surface area (Å²) in [6.07, 6.45) is 5.70. The van der Waals surface area contributed by atoms with E-state index in [2.05, 4.69) is 71.5 Å². The Morgan fingerprint density at radius 1 is 1.29 bits per heavy atom. The number of hydrogen-bond donors (Lipinski definition) is 0. The van der Waals surface area contributed by atoms with Crippen LogP contribution in [0.1, 0.15) is 57.4 Å². The van der Waals surface area contributed by atoms with E-state index in [1.54, 1.807) is 0 Å². The first-order valence-electron chi connectivity index (χ1n) is 9.42. The molecule has 0 spiro atoms. The van der Waals surface area contributed by atoms with Gasteiger partial charge in [0.05, 0.1) is 5.52 Å². The lowest BCUT2D eigenvalue weighted by molar-refractivity contribution is 0.125. The molecule has 3 rings (SSSR count). The molecule has 0 saturated heterocycles. The third-order valence-electron chi connectivity index (χ3n) is 6.62. The van der Waals surface area contributed by atoms with Crippen molar-refractivity contribution in [1.29, 1.82) is 0 Å². The standard InChI is InChI=1S/C23H31N/c1-7-18-11-15(3)17(5)23(6,14-18)20-9-10-22-21(13-20)19(8-2)12-16(4)24-22/h7,9-10,12-13,15,17-18H,1,8,11,14H2,2-6H3. The van der Waals surface area contributed by atoms with Gasteiger partial charge in [0.25, 0.3) is 0 Å². The zero-order valence-corrected chi connectivity index (χ0v) is 15.9. The normalized spacial score (nSPS) is 30.5. The van der Waals surface area contributed by atoms with E-state index in [-0.39, 0.29) is 5.41 Å². The van der Waals surface area contributed by atoms with Gasteiger partial charge in [-0.25, -0.2) is 0 Å². The molecule has 1 nitrogen and oxygen atoms in total. The first-order valence-corrected chi connectivity index (χ1v) is 9.42. The summed E-state index contributed by atoms with van der Waals surface area (Å²) in [7, 11) is 0. The molecule has 4 atom stereocenters. The molecule has 1 aromatic heterocycles. The second-order valence-corrected chi connectivity index (χ2v) is 8.13. The van der Waals surface area contributed by atoms with Gasteiger partial charge in [-0.1, -0.05) is 39.8 Å². The number of pyridine rings is 1. The molecule has 1 aliphatic rings. The van der Waals surface area contributed by atoms with Gasteiger partial charge in [-0.2, -0.15) is 0 Å². The number of rotatable bonds is 3. The van der Waals surface area contributed by atoms with Crippen LogP contribution in [0, 0.1) is 24.7 Å². The number of aromatic nitrogens is 1. The van der Waals surface area contributed by atoms with Crippen LogP contribution in [0.5, 0.6) is 0 Å². The second-order valence-electron chi connectivity index (χ2n) is 8.13. The molecule has 4 unspecified atom stereocenters. The summed E-state index contributed by atoms with van der Waals surface area (Å²) in [5.41, 5.74) is 5.35. The zero-order valence-electron chi connectivity index (χ0n) is 15.9. The highest BCUT2D eigenvalue weighted by Crippen LogP contribution is 2.49. The number of fused-ring (bicyclic) bond motifs is 1. The van der Waals surface area contributed by atoms with Gasteiger partial charge in [0.15, 0.2) is 0 Å². The SMILES string of the molecule is C=CC1CC(C)C(C)C(C)(c2ccc3nc(C)cc(CC)c3c2)C1. The summed E-state index contributed by atoms with van der Waals surface area (Å²) in [5, 5.41) is 1.34. The van der Waals surface area contributed by atoms with E-state index in [9.17, 15) is 0 Å². The molecule has 0 aliphatic heterocycles. The molecule has 0 bridgehead atoms. The predicted molar refractivity (Wildman–Crippen MR) is 104 cm³/mol. The Balaban J connectivity index is 2.13. The van der Waals surface area contributed by atoms with E-state index in [0.29, 0.717) is 11.8 Å². The van der Waals surface area contributed by atoms with Crippen molar-refractivity contribution in [3.63, 3.8) is 0 Å². The number of nitrogens with zero attached hydrogens (tertiary/aromatic N) is 1. The highest BCUT2D eigenvalue weighted by Gasteiger charge is 2.42. The molecular weight excluding hydrogens is 290 g/mol. The van der Waals surface area contributed by atoms with E-state index in [1.807, 2.05) is 0 Å². The van der Waals surface area contributed by atoms with E-state index >= 15 is 0 Å². The van der Waals surface area contributed by atoms with Gasteiger partial charge in [-0.3, -0.25) is 4.98 Å². The average Bonchev–Trinajstić information content (AvgIpc) is 2.57. The van der Waals surface area contributed by atoms with Crippen molar-refractivity contribution in [3.05, 3.63) is 53.7 Å². The Kier molecular flexibility index (Phi) is 4.55. The maximum Gasteiger partial charge on any atom is 0.0708 e. The molecule has 128 valence electrons. The minimum atomic E-state index is 0.209. The molecule has 0 N–H and O–H groups in total. The summed E-state index contributed by atoms with van der Waals surface area (Å²) < 4.78 is 0. The molecule has 1 fully saturated rings. The first kappa shape index (κ1) is 17.2. The lowest BCUT2D eigenvalue weighted by Gasteiger charge is -2.47. The van der Waals surface area contributed by atoms with Crippen molar-refractivity contribution in [2.75, 3.05) is 0 Å². The average molecular weight is 322 g/mol. The Hall–Kier alpha value is -1.63. The molecule has 0 amide bonds. The van der Waals surface area contributed by atoms with Crippen LogP contribution in [-0.2, 0) is 11.8 Å². The molecule has 1 saturated carbocycles. The van der Waals surface area contributed by atoms with E-state index in [0.717, 1.165) is 23.5 Å². The number of allylic oxidation sites excluding steroid dienone is 1. The van der Waals surface area contributed by atoms with Gasteiger partial charge in [0.1, 0.15) is 0 Å². The minimum absolute atomic E-state index is 0.209. The van der Waals surface area contributed by atoms with Crippen LogP contribution in [0.15, 0.2) is 36.9 Å². The summed E-state index contributed by atoms with van der Waals surface area (Å²) in [6, 6.07) is 9.23. The summed E-state index contributed by atoms with van der Waals surface area (Å²) in [6.45, 7) is 15.7. The van der Waals surface area contributed by atoms with Crippen molar-refractivity contribution in [3.8, 4) is 0 Å². The molecule has 1 heterocycles. The van der Waals surface area contributed by atoms with Crippen molar-refractivity contribution >= 4 is 10.9 Å². The Morgan fingerprint density at radius 2 is 2.04 bits per heavy atom. The van der Waals surface area contributed by atoms with Gasteiger partial charge in [0, 0.05) is 11.1 Å². The topological polar surface area (TPSA) is 12.9 Å². The van der Waals surface area contributed by atoms with Crippen LogP contribution < -0.4 is 0 Å². The molecule has 2 aromatic rings. The second kappa shape index (κ2) is 6.35. The predicted octanol–water partition coefficient (Wildman–Crippen LogP) is 6.23. The fraction of sp³-hybridized carbons (Fsp3) is 0.522. The first-order chi connectivity index (χ1) is 11.4. The number of benzene rings is 1. The van der Waals surface area contributed by atoms with Crippen molar-refractivity contribution in [1.82, 2.24) is 4.98 Å². The van der Waals surface area contributed by atoms with Crippen LogP contribution >= 0.6 is 0 Å². The highest BCUT2D eigenvalue weighted by atomic mass is 14.7. The van der Waals surface area contributed by atoms with Gasteiger partial charge in [-0.15, -0.1) is 6.58 Å². The molecular formula is C23H31N. The Labute approximate surface area is 147 Å². The quantitative estimate of drug-likeness (QED) is 0.610. The van der Waals surface area contributed by atoms with Crippen LogP contribution in [-0.4, -0.2) is 4.98 Å². The lowest BCUT2D eigenvalue weighted by atomic mass is 9.58. The minimum Gasteiger partial charge on any atom is -0.253 e. The lowest BCUT2D eigenvalue weighted by Crippen LogP contribution is -2.41. The molecule has 1 aromatic carbocycles. The van der Waals surface area contributed by atoms with E-state index < -0.39 is 0 Å². The van der Waals surface area contributed by atoms with E-state index in [1.165, 1.54) is 29.4 Å². The van der Waals surface area contributed by atoms with Crippen molar-refractivity contribution in [2.45, 2.75) is 59.3 Å². The van der Waals surface area contributed by atoms with Crippen LogP contribution in [0.4, 0.5) is 0 Å². The largest absolute Gasteiger partial charge is 0.253 e. The van der Waals surface area contributed by atoms with Crippen LogP contribution in [0.2, 0.25) is 0 Å². The third kappa shape index (κ3) is 2.79. The summed E-state index contributed by atoms with van der Waals surface area (Å²) in [5.74, 6) is 2.03. The van der Waals surface area contributed by atoms with Crippen LogP contribution in [0.3, 0.4) is 0 Å². The Morgan fingerprint density at radius 3 is 2.71 bits per heavy atom. The maximum absolute atomic E-state index is 4.74. The summed E-state index contributed by atoms with van der Waals surface area (Å²) >= 11 is 0. The Bertz CT molecular complexity index is 760. The maximum atomic E-state index is 4.74. The van der Waals surface area contributed by atoms with Crippen molar-refractivity contribution < 1.29 is 0 Å². The molecule has 1 heteroatoms. The zero-order chi connectivity index (χ0) is 17.5. The third-order valence-corrected chi connectivity index (χ3v) is 6.62. The smallest absolute Gasteiger partial charge is 0.0708 e. The fourth-order valence-corrected chi connectivity index (χ4v) is 4.77. The number of hydrogen-bond acceptors (Lipinski definition) is 1. The van der Waals surface area contributed by atoms with Gasteiger partial charge in [-0.05, 0) is 78.7 Å². The van der Waals surface area contributed by atoms with E-state index in [4.69, 9.17) is 4.98 Å². The van der Waals surface area contributed by atoms with Gasteiger partial charge in [0.2, 0.25) is 0 Å². The molecule has 1 aliphatic carbocycles. The molecule has 24 heavy (non-hydrogen) atoms. The monoisotopic (exact) mass is 321 g/mol. The fourth-order valence-electron chi connectivity index (χ4n) is 4.77. The van der Waals surface area contributed by atoms with Crippen molar-refractivity contribution in [2.24, 2.45) is 17.8 Å². The summed E-state index contributed by atoms with van der Waals surface area (Å²) in [4.78, 5) is 4.74. The molecule has 0 radical (unpaired) electrons.